The molecule has 4 heteroatoms. The molecular weight excluding hydrogens is 180 g/mol. The topological polar surface area (TPSA) is 26.3 Å². The number of thiol groups is 1. The summed E-state index contributed by atoms with van der Waals surface area (Å²) in [6.45, 7) is 0. The van der Waals surface area contributed by atoms with Gasteiger partial charge in [-0.2, -0.15) is 0 Å². The average Bonchev–Trinajstić information content (AvgIpc) is 2.06. The van der Waals surface area contributed by atoms with Crippen LogP contribution in [0.1, 0.15) is 0 Å². The molecule has 0 bridgehead atoms. The molecule has 0 saturated carbocycles. The second kappa shape index (κ2) is 4.31. The van der Waals surface area contributed by atoms with E-state index in [2.05, 4.69) is 11.7 Å². The van der Waals surface area contributed by atoms with Crippen LogP contribution < -0.4 is 4.74 Å². The molecule has 0 aromatic heterocycles. The van der Waals surface area contributed by atoms with Gasteiger partial charge in [-0.15, -0.1) is 0 Å². The monoisotopic (exact) mass is 186 g/mol. The second-order valence-electron chi connectivity index (χ2n) is 1.76. The van der Waals surface area contributed by atoms with E-state index in [0.29, 0.717) is 5.75 Å². The first-order chi connectivity index (χ1) is 5.33. The summed E-state index contributed by atoms with van der Waals surface area (Å²) in [4.78, 5) is 10.6. The van der Waals surface area contributed by atoms with E-state index in [1.54, 1.807) is 24.3 Å². The maximum Gasteiger partial charge on any atom is 0.383 e. The smallest absolute Gasteiger partial charge is 0.383 e. The first-order valence-corrected chi connectivity index (χ1v) is 4.78. The summed E-state index contributed by atoms with van der Waals surface area (Å²) >= 11 is 3.69. The Morgan fingerprint density at radius 1 is 1.36 bits per heavy atom. The van der Waals surface area contributed by atoms with Gasteiger partial charge in [0.05, 0.1) is 0 Å². The van der Waals surface area contributed by atoms with Crippen LogP contribution in [0.4, 0.5) is 4.79 Å². The molecule has 0 amide bonds. The fraction of sp³-hybridized carbons (Fsp3) is 0. The summed E-state index contributed by atoms with van der Waals surface area (Å²) in [5.74, 6) is 0.541. The highest BCUT2D eigenvalue weighted by Gasteiger charge is 2.00. The first-order valence-electron chi connectivity index (χ1n) is 2.91. The number of ether oxygens (including phenoxy) is 1. The number of carbonyl (C=O) groups excluding carboxylic acids is 1. The number of carbonyl (C=O) groups is 1. The molecule has 0 N–H and O–H groups in total. The van der Waals surface area contributed by atoms with Crippen LogP contribution in [0, 0.1) is 0 Å². The number of hydrogen-bond acceptors (Lipinski definition) is 4. The minimum Gasteiger partial charge on any atom is -0.418 e. The van der Waals surface area contributed by atoms with E-state index in [1.807, 2.05) is 6.07 Å². The van der Waals surface area contributed by atoms with Crippen molar-refractivity contribution in [1.29, 1.82) is 0 Å². The molecule has 0 saturated heterocycles. The van der Waals surface area contributed by atoms with E-state index in [1.165, 1.54) is 0 Å². The van der Waals surface area contributed by atoms with Crippen molar-refractivity contribution in [1.82, 2.24) is 0 Å². The van der Waals surface area contributed by atoms with Crippen molar-refractivity contribution in [3.8, 4) is 5.75 Å². The molecule has 0 aliphatic carbocycles. The van der Waals surface area contributed by atoms with E-state index in [9.17, 15) is 4.79 Å². The fourth-order valence-corrected chi connectivity index (χ4v) is 0.849. The van der Waals surface area contributed by atoms with Gasteiger partial charge >= 0.3 is 5.30 Å². The second-order valence-corrected chi connectivity index (χ2v) is 2.82. The van der Waals surface area contributed by atoms with Gasteiger partial charge < -0.3 is 4.74 Å². The van der Waals surface area contributed by atoms with Crippen LogP contribution in [0.15, 0.2) is 30.3 Å². The third-order valence-corrected chi connectivity index (χ3v) is 1.70. The predicted octanol–water partition coefficient (Wildman–Crippen LogP) is 2.76. The lowest BCUT2D eigenvalue weighted by Crippen LogP contribution is -1.97. The molecule has 0 unspecified atom stereocenters. The van der Waals surface area contributed by atoms with Gasteiger partial charge in [0.1, 0.15) is 5.75 Å². The van der Waals surface area contributed by atoms with Gasteiger partial charge in [-0.05, 0) is 12.1 Å². The number of benzene rings is 1. The van der Waals surface area contributed by atoms with Crippen LogP contribution in [0.3, 0.4) is 0 Å². The molecular formula is C7H6O2S2. The van der Waals surface area contributed by atoms with Crippen LogP contribution in [0.25, 0.3) is 0 Å². The molecule has 0 spiro atoms. The highest BCUT2D eigenvalue weighted by molar-refractivity contribution is 8.74. The van der Waals surface area contributed by atoms with Crippen molar-refractivity contribution in [2.45, 2.75) is 0 Å². The van der Waals surface area contributed by atoms with Gasteiger partial charge in [-0.1, -0.05) is 29.9 Å². The Morgan fingerprint density at radius 3 is 2.55 bits per heavy atom. The number of hydrogen-bond donors (Lipinski definition) is 1. The van der Waals surface area contributed by atoms with Gasteiger partial charge in [0.15, 0.2) is 0 Å². The molecule has 1 aromatic carbocycles. The van der Waals surface area contributed by atoms with E-state index >= 15 is 0 Å². The summed E-state index contributed by atoms with van der Waals surface area (Å²) in [6.07, 6.45) is 0. The van der Waals surface area contributed by atoms with Gasteiger partial charge in [0.2, 0.25) is 0 Å². The molecule has 0 radical (unpaired) electrons. The van der Waals surface area contributed by atoms with Gasteiger partial charge in [-0.3, -0.25) is 0 Å². The largest absolute Gasteiger partial charge is 0.418 e. The Morgan fingerprint density at radius 2 is 2.00 bits per heavy atom. The van der Waals surface area contributed by atoms with E-state index in [0.717, 1.165) is 10.8 Å². The molecule has 2 nitrogen and oxygen atoms in total. The molecule has 0 fully saturated rings. The van der Waals surface area contributed by atoms with Crippen molar-refractivity contribution < 1.29 is 9.53 Å². The molecule has 0 aliphatic heterocycles. The van der Waals surface area contributed by atoms with E-state index in [-0.39, 0.29) is 0 Å². The van der Waals surface area contributed by atoms with Gasteiger partial charge in [0.25, 0.3) is 0 Å². The molecule has 0 aliphatic rings. The van der Waals surface area contributed by atoms with Crippen molar-refractivity contribution in [3.63, 3.8) is 0 Å². The number of para-hydroxylation sites is 1. The Kier molecular flexibility index (Phi) is 3.32. The lowest BCUT2D eigenvalue weighted by atomic mass is 10.3. The van der Waals surface area contributed by atoms with Crippen LogP contribution in [0.5, 0.6) is 5.75 Å². The maximum absolute atomic E-state index is 10.6. The summed E-state index contributed by atoms with van der Waals surface area (Å²) in [5, 5.41) is -0.417. The summed E-state index contributed by atoms with van der Waals surface area (Å²) in [6, 6.07) is 8.87. The normalized spacial score (nSPS) is 9.18. The summed E-state index contributed by atoms with van der Waals surface area (Å²) in [7, 11) is 0.753. The van der Waals surface area contributed by atoms with Crippen molar-refractivity contribution in [2.75, 3.05) is 0 Å². The van der Waals surface area contributed by atoms with Crippen LogP contribution in [0.2, 0.25) is 0 Å². The fourth-order valence-electron chi connectivity index (χ4n) is 0.603. The maximum atomic E-state index is 10.6. The third-order valence-electron chi connectivity index (χ3n) is 1.02. The minimum absolute atomic E-state index is 0.417. The zero-order valence-corrected chi connectivity index (χ0v) is 7.27. The van der Waals surface area contributed by atoms with E-state index < -0.39 is 5.30 Å². The zero-order valence-electron chi connectivity index (χ0n) is 5.56. The standard InChI is InChI=1S/C7H6O2S2/c8-7(11-10)9-6-4-2-1-3-5-6/h1-5,10H. The van der Waals surface area contributed by atoms with Crippen LogP contribution in [-0.4, -0.2) is 5.30 Å². The van der Waals surface area contributed by atoms with Gasteiger partial charge in [0, 0.05) is 10.8 Å². The van der Waals surface area contributed by atoms with Crippen molar-refractivity contribution in [2.24, 2.45) is 0 Å². The van der Waals surface area contributed by atoms with Crippen LogP contribution in [-0.2, 0) is 0 Å². The Balaban J connectivity index is 2.58. The highest BCUT2D eigenvalue weighted by atomic mass is 33.1. The SMILES string of the molecule is O=C(Oc1ccccc1)SS. The average molecular weight is 186 g/mol. The molecule has 0 atom stereocenters. The summed E-state index contributed by atoms with van der Waals surface area (Å²) < 4.78 is 4.81. The Hall–Kier alpha value is -0.610. The van der Waals surface area contributed by atoms with Crippen molar-refractivity contribution in [3.05, 3.63) is 30.3 Å². The third kappa shape index (κ3) is 2.86. The molecule has 1 aromatic rings. The van der Waals surface area contributed by atoms with Crippen molar-refractivity contribution >= 4 is 27.8 Å². The molecule has 11 heavy (non-hydrogen) atoms. The molecule has 58 valence electrons. The summed E-state index contributed by atoms with van der Waals surface area (Å²) in [5.41, 5.74) is 0. The van der Waals surface area contributed by atoms with Crippen LogP contribution >= 0.6 is 22.5 Å². The zero-order chi connectivity index (χ0) is 8.10. The lowest BCUT2D eigenvalue weighted by molar-refractivity contribution is 0.227. The van der Waals surface area contributed by atoms with Gasteiger partial charge in [-0.25, -0.2) is 4.79 Å². The number of rotatable bonds is 1. The Bertz CT molecular complexity index is 235. The van der Waals surface area contributed by atoms with E-state index in [4.69, 9.17) is 4.74 Å². The predicted molar refractivity (Wildman–Crippen MR) is 49.0 cm³/mol. The molecule has 0 heterocycles. The lowest BCUT2D eigenvalue weighted by Gasteiger charge is -1.98. The Labute approximate surface area is 73.7 Å². The first kappa shape index (κ1) is 8.49. The molecule has 1 rings (SSSR count). The quantitative estimate of drug-likeness (QED) is 0.415. The highest BCUT2D eigenvalue weighted by Crippen LogP contribution is 2.15. The minimum atomic E-state index is -0.417.